The quantitative estimate of drug-likeness (QED) is 0.472. The predicted molar refractivity (Wildman–Crippen MR) is 33.1 cm³/mol. The van der Waals surface area contributed by atoms with E-state index in [-0.39, 0.29) is 0 Å². The van der Waals surface area contributed by atoms with Crippen LogP contribution in [0.4, 0.5) is 0 Å². The van der Waals surface area contributed by atoms with Gasteiger partial charge in [0.05, 0.1) is 6.54 Å². The third-order valence-corrected chi connectivity index (χ3v) is 1.50. The van der Waals surface area contributed by atoms with E-state index in [4.69, 9.17) is 4.84 Å². The molecule has 2 rings (SSSR count). The number of hydrazine groups is 1. The molecule has 0 atom stereocenters. The zero-order valence-electron chi connectivity index (χ0n) is 5.29. The molecule has 0 N–H and O–H groups in total. The fraction of sp³-hybridized carbons (Fsp3) is 0.667. The summed E-state index contributed by atoms with van der Waals surface area (Å²) in [6.45, 7) is 3.33. The Hall–Kier alpha value is -0.540. The molecule has 0 radical (unpaired) electrons. The number of hydroxylamine groups is 1. The van der Waals surface area contributed by atoms with Crippen LogP contribution in [-0.2, 0) is 4.84 Å². The molecule has 3 heteroatoms. The molecule has 0 unspecified atom stereocenters. The van der Waals surface area contributed by atoms with Crippen molar-refractivity contribution in [2.75, 3.05) is 19.6 Å². The van der Waals surface area contributed by atoms with Gasteiger partial charge in [0, 0.05) is 13.1 Å². The summed E-state index contributed by atoms with van der Waals surface area (Å²) in [5, 5.41) is 4.09. The lowest BCUT2D eigenvalue weighted by Crippen LogP contribution is -2.30. The van der Waals surface area contributed by atoms with Crippen LogP contribution >= 0.6 is 0 Å². The number of hydrogen-bond donors (Lipinski definition) is 0. The maximum Gasteiger partial charge on any atom is 0.109 e. The van der Waals surface area contributed by atoms with Crippen LogP contribution in [0.1, 0.15) is 6.42 Å². The van der Waals surface area contributed by atoms with Crippen LogP contribution < -0.4 is 0 Å². The minimum absolute atomic E-state index is 1.01. The van der Waals surface area contributed by atoms with Crippen LogP contribution in [0.3, 0.4) is 0 Å². The zero-order valence-corrected chi connectivity index (χ0v) is 5.29. The average Bonchev–Trinajstić information content (AvgIpc) is 2.71. The second-order valence-corrected chi connectivity index (χ2v) is 2.30. The standard InChI is InChI=1S/C6H10N2O/c1-2-6-9-8(3-1)7-4-5-7/h2,6H,1,3-5H2. The summed E-state index contributed by atoms with van der Waals surface area (Å²) < 4.78 is 0. The van der Waals surface area contributed by atoms with Crippen molar-refractivity contribution in [3.63, 3.8) is 0 Å². The summed E-state index contributed by atoms with van der Waals surface area (Å²) >= 11 is 0. The largest absolute Gasteiger partial charge is 0.399 e. The Labute approximate surface area is 54.4 Å². The topological polar surface area (TPSA) is 15.5 Å². The first-order chi connectivity index (χ1) is 4.47. The molecule has 0 amide bonds. The van der Waals surface area contributed by atoms with E-state index in [1.54, 1.807) is 6.26 Å². The lowest BCUT2D eigenvalue weighted by atomic mass is 10.4. The zero-order chi connectivity index (χ0) is 6.10. The Balaban J connectivity index is 1.89. The molecule has 0 bridgehead atoms. The van der Waals surface area contributed by atoms with Gasteiger partial charge in [-0.15, -0.1) is 0 Å². The molecule has 1 saturated heterocycles. The third-order valence-electron chi connectivity index (χ3n) is 1.50. The van der Waals surface area contributed by atoms with E-state index < -0.39 is 0 Å². The van der Waals surface area contributed by atoms with Crippen molar-refractivity contribution in [1.29, 1.82) is 0 Å². The highest BCUT2D eigenvalue weighted by atomic mass is 16.7. The molecule has 2 aliphatic heterocycles. The molecule has 0 aromatic heterocycles. The van der Waals surface area contributed by atoms with Crippen LogP contribution in [0.15, 0.2) is 12.3 Å². The Morgan fingerprint density at radius 3 is 2.67 bits per heavy atom. The van der Waals surface area contributed by atoms with E-state index in [1.165, 1.54) is 0 Å². The van der Waals surface area contributed by atoms with Crippen LogP contribution in [0, 0.1) is 0 Å². The van der Waals surface area contributed by atoms with Gasteiger partial charge in [0.15, 0.2) is 0 Å². The van der Waals surface area contributed by atoms with E-state index >= 15 is 0 Å². The van der Waals surface area contributed by atoms with Crippen molar-refractivity contribution in [3.05, 3.63) is 12.3 Å². The third kappa shape index (κ3) is 1.06. The highest BCUT2D eigenvalue weighted by Gasteiger charge is 2.26. The van der Waals surface area contributed by atoms with Crippen molar-refractivity contribution in [1.82, 2.24) is 10.2 Å². The van der Waals surface area contributed by atoms with E-state index in [9.17, 15) is 0 Å². The van der Waals surface area contributed by atoms with Gasteiger partial charge in [0.2, 0.25) is 0 Å². The summed E-state index contributed by atoms with van der Waals surface area (Å²) in [6.07, 6.45) is 4.90. The lowest BCUT2D eigenvalue weighted by Gasteiger charge is -2.22. The molecule has 0 spiro atoms. The molecular formula is C6H10N2O. The van der Waals surface area contributed by atoms with Crippen molar-refractivity contribution in [2.24, 2.45) is 0 Å². The van der Waals surface area contributed by atoms with Crippen molar-refractivity contribution in [3.8, 4) is 0 Å². The maximum atomic E-state index is 5.18. The molecule has 0 aliphatic carbocycles. The van der Waals surface area contributed by atoms with Gasteiger partial charge in [-0.3, -0.25) is 0 Å². The minimum atomic E-state index is 1.01. The summed E-state index contributed by atoms with van der Waals surface area (Å²) in [7, 11) is 0. The Morgan fingerprint density at radius 2 is 2.11 bits per heavy atom. The van der Waals surface area contributed by atoms with Gasteiger partial charge >= 0.3 is 0 Å². The molecule has 0 aromatic carbocycles. The molecule has 3 nitrogen and oxygen atoms in total. The smallest absolute Gasteiger partial charge is 0.109 e. The second kappa shape index (κ2) is 2.01. The molecule has 50 valence electrons. The van der Waals surface area contributed by atoms with E-state index in [0.717, 1.165) is 26.1 Å². The molecule has 9 heavy (non-hydrogen) atoms. The summed E-state index contributed by atoms with van der Waals surface area (Å²) in [5.74, 6) is 0. The van der Waals surface area contributed by atoms with Gasteiger partial charge in [-0.25, -0.2) is 5.01 Å². The Kier molecular flexibility index (Phi) is 1.17. The van der Waals surface area contributed by atoms with Gasteiger partial charge in [-0.2, -0.15) is 0 Å². The van der Waals surface area contributed by atoms with Crippen molar-refractivity contribution < 1.29 is 4.84 Å². The first-order valence-corrected chi connectivity index (χ1v) is 3.31. The van der Waals surface area contributed by atoms with Gasteiger partial charge in [0.25, 0.3) is 0 Å². The lowest BCUT2D eigenvalue weighted by molar-refractivity contribution is -0.206. The maximum absolute atomic E-state index is 5.18. The van der Waals surface area contributed by atoms with Crippen LogP contribution in [0.5, 0.6) is 0 Å². The summed E-state index contributed by atoms with van der Waals surface area (Å²) in [5.41, 5.74) is 0. The van der Waals surface area contributed by atoms with Crippen LogP contribution in [-0.4, -0.2) is 29.8 Å². The molecule has 0 aromatic rings. The molecule has 0 saturated carbocycles. The average molecular weight is 126 g/mol. The highest BCUT2D eigenvalue weighted by molar-refractivity contribution is 4.79. The van der Waals surface area contributed by atoms with Gasteiger partial charge in [-0.1, -0.05) is 5.17 Å². The van der Waals surface area contributed by atoms with Crippen molar-refractivity contribution >= 4 is 0 Å². The fourth-order valence-electron chi connectivity index (χ4n) is 0.895. The normalized spacial score (nSPS) is 28.0. The molecule has 2 aliphatic rings. The Bertz CT molecular complexity index is 131. The van der Waals surface area contributed by atoms with Gasteiger partial charge in [0.1, 0.15) is 6.26 Å². The highest BCUT2D eigenvalue weighted by Crippen LogP contribution is 2.13. The van der Waals surface area contributed by atoms with E-state index in [0.29, 0.717) is 0 Å². The van der Waals surface area contributed by atoms with Crippen LogP contribution in [0.2, 0.25) is 0 Å². The molecular weight excluding hydrogens is 116 g/mol. The van der Waals surface area contributed by atoms with E-state index in [1.807, 2.05) is 11.2 Å². The predicted octanol–water partition coefficient (Wildman–Crippen LogP) is 0.368. The molecule has 2 heterocycles. The number of hydrogen-bond acceptors (Lipinski definition) is 3. The van der Waals surface area contributed by atoms with Crippen LogP contribution in [0.25, 0.3) is 0 Å². The number of rotatable bonds is 1. The minimum Gasteiger partial charge on any atom is -0.399 e. The SMILES string of the molecule is C1=CON(N2CC2)CC1. The van der Waals surface area contributed by atoms with E-state index in [2.05, 4.69) is 5.01 Å². The number of nitrogens with zero attached hydrogens (tertiary/aromatic N) is 2. The van der Waals surface area contributed by atoms with Gasteiger partial charge in [-0.05, 0) is 12.5 Å². The first kappa shape index (κ1) is 5.26. The summed E-state index contributed by atoms with van der Waals surface area (Å²) in [4.78, 5) is 5.18. The summed E-state index contributed by atoms with van der Waals surface area (Å²) in [6, 6.07) is 0. The Morgan fingerprint density at radius 1 is 1.22 bits per heavy atom. The molecule has 1 fully saturated rings. The fourth-order valence-corrected chi connectivity index (χ4v) is 0.895. The first-order valence-electron chi connectivity index (χ1n) is 3.31. The second-order valence-electron chi connectivity index (χ2n) is 2.30. The van der Waals surface area contributed by atoms with Gasteiger partial charge < -0.3 is 4.84 Å². The van der Waals surface area contributed by atoms with Crippen molar-refractivity contribution in [2.45, 2.75) is 6.42 Å². The monoisotopic (exact) mass is 126 g/mol.